The van der Waals surface area contributed by atoms with E-state index in [1.807, 2.05) is 41.8 Å². The molecule has 0 saturated carbocycles. The first kappa shape index (κ1) is 17.7. The molecule has 1 aromatic heterocycles. The lowest BCUT2D eigenvalue weighted by Crippen LogP contribution is -2.25. The molecule has 0 spiro atoms. The molecule has 6 heteroatoms. The largest absolute Gasteiger partial charge is 0.352 e. The summed E-state index contributed by atoms with van der Waals surface area (Å²) in [5.41, 5.74) is 1.89. The maximum absolute atomic E-state index is 12.1. The smallest absolute Gasteiger partial charge is 0.323 e. The van der Waals surface area contributed by atoms with Gasteiger partial charge >= 0.3 is 6.03 Å². The summed E-state index contributed by atoms with van der Waals surface area (Å²) in [6.45, 7) is 0.596. The molecule has 0 saturated heterocycles. The van der Waals surface area contributed by atoms with Crippen LogP contribution in [0.1, 0.15) is 15.2 Å². The fourth-order valence-electron chi connectivity index (χ4n) is 2.38. The van der Waals surface area contributed by atoms with E-state index in [1.165, 1.54) is 4.88 Å². The van der Waals surface area contributed by atoms with Gasteiger partial charge in [-0.15, -0.1) is 11.3 Å². The average molecular weight is 365 g/mol. The Hall–Kier alpha value is -3.12. The van der Waals surface area contributed by atoms with Crippen LogP contribution in [-0.4, -0.2) is 18.5 Å². The third kappa shape index (κ3) is 5.19. The van der Waals surface area contributed by atoms with Crippen molar-refractivity contribution in [2.45, 2.75) is 6.42 Å². The number of thiophene rings is 1. The molecule has 0 aliphatic rings. The van der Waals surface area contributed by atoms with Crippen molar-refractivity contribution < 1.29 is 9.59 Å². The number of carbonyl (C=O) groups is 2. The zero-order valence-electron chi connectivity index (χ0n) is 14.1. The quantitative estimate of drug-likeness (QED) is 0.607. The molecule has 132 valence electrons. The Morgan fingerprint density at radius 3 is 2.15 bits per heavy atom. The summed E-state index contributed by atoms with van der Waals surface area (Å²) in [6, 6.07) is 19.7. The first-order chi connectivity index (χ1) is 12.7. The standard InChI is InChI=1S/C20H19N3O2S/c24-19(21-13-12-18-7-4-14-26-18)15-8-10-17(11-9-15)23-20(25)22-16-5-2-1-3-6-16/h1-11,14H,12-13H2,(H,21,24)(H2,22,23,25). The second kappa shape index (κ2) is 8.82. The number of anilines is 2. The highest BCUT2D eigenvalue weighted by molar-refractivity contribution is 7.09. The van der Waals surface area contributed by atoms with Gasteiger partial charge in [0.25, 0.3) is 5.91 Å². The Morgan fingerprint density at radius 1 is 0.808 bits per heavy atom. The van der Waals surface area contributed by atoms with Crippen molar-refractivity contribution in [3.63, 3.8) is 0 Å². The van der Waals surface area contributed by atoms with Crippen LogP contribution in [0.2, 0.25) is 0 Å². The van der Waals surface area contributed by atoms with Crippen molar-refractivity contribution >= 4 is 34.6 Å². The molecular formula is C20H19N3O2S. The predicted molar refractivity (Wildman–Crippen MR) is 106 cm³/mol. The summed E-state index contributed by atoms with van der Waals surface area (Å²) < 4.78 is 0. The van der Waals surface area contributed by atoms with E-state index in [-0.39, 0.29) is 11.9 Å². The summed E-state index contributed by atoms with van der Waals surface area (Å²) in [6.07, 6.45) is 0.822. The zero-order chi connectivity index (χ0) is 18.2. The van der Waals surface area contributed by atoms with Crippen molar-refractivity contribution in [1.82, 2.24) is 5.32 Å². The molecule has 0 bridgehead atoms. The maximum atomic E-state index is 12.1. The van der Waals surface area contributed by atoms with Gasteiger partial charge in [0.05, 0.1) is 0 Å². The highest BCUT2D eigenvalue weighted by Gasteiger charge is 2.07. The first-order valence-corrected chi connectivity index (χ1v) is 9.12. The number of hydrogen-bond donors (Lipinski definition) is 3. The van der Waals surface area contributed by atoms with Gasteiger partial charge in [-0.25, -0.2) is 4.79 Å². The lowest BCUT2D eigenvalue weighted by Gasteiger charge is -2.09. The number of amides is 3. The number of urea groups is 1. The van der Waals surface area contributed by atoms with Gasteiger partial charge in [0.2, 0.25) is 0 Å². The van der Waals surface area contributed by atoms with E-state index >= 15 is 0 Å². The minimum Gasteiger partial charge on any atom is -0.352 e. The number of benzene rings is 2. The van der Waals surface area contributed by atoms with Crippen LogP contribution in [0, 0.1) is 0 Å². The van der Waals surface area contributed by atoms with Crippen molar-refractivity contribution in [2.24, 2.45) is 0 Å². The van der Waals surface area contributed by atoms with E-state index in [2.05, 4.69) is 22.0 Å². The number of hydrogen-bond acceptors (Lipinski definition) is 3. The van der Waals surface area contributed by atoms with Crippen LogP contribution in [0.15, 0.2) is 72.1 Å². The summed E-state index contributed by atoms with van der Waals surface area (Å²) in [4.78, 5) is 25.3. The monoisotopic (exact) mass is 365 g/mol. The second-order valence-electron chi connectivity index (χ2n) is 5.61. The molecule has 0 radical (unpaired) electrons. The van der Waals surface area contributed by atoms with E-state index in [9.17, 15) is 9.59 Å². The molecular weight excluding hydrogens is 346 g/mol. The first-order valence-electron chi connectivity index (χ1n) is 8.24. The van der Waals surface area contributed by atoms with Crippen molar-refractivity contribution in [1.29, 1.82) is 0 Å². The third-order valence-electron chi connectivity index (χ3n) is 3.67. The van der Waals surface area contributed by atoms with Crippen LogP contribution in [0.3, 0.4) is 0 Å². The Kier molecular flexibility index (Phi) is 6.01. The Bertz CT molecular complexity index is 847. The zero-order valence-corrected chi connectivity index (χ0v) is 14.9. The fraction of sp³-hybridized carbons (Fsp3) is 0.100. The van der Waals surface area contributed by atoms with Crippen LogP contribution in [0.4, 0.5) is 16.2 Å². The van der Waals surface area contributed by atoms with Gasteiger partial charge < -0.3 is 16.0 Å². The van der Waals surface area contributed by atoms with E-state index in [0.717, 1.165) is 6.42 Å². The molecule has 3 amide bonds. The van der Waals surface area contributed by atoms with Gasteiger partial charge in [0.1, 0.15) is 0 Å². The second-order valence-corrected chi connectivity index (χ2v) is 6.64. The molecule has 5 nitrogen and oxygen atoms in total. The van der Waals surface area contributed by atoms with Crippen LogP contribution in [0.5, 0.6) is 0 Å². The van der Waals surface area contributed by atoms with Crippen molar-refractivity contribution in [3.05, 3.63) is 82.6 Å². The van der Waals surface area contributed by atoms with Crippen LogP contribution in [-0.2, 0) is 6.42 Å². The minimum atomic E-state index is -0.329. The Labute approximate surface area is 156 Å². The van der Waals surface area contributed by atoms with E-state index in [4.69, 9.17) is 0 Å². The fourth-order valence-corrected chi connectivity index (χ4v) is 3.08. The van der Waals surface area contributed by atoms with Crippen LogP contribution < -0.4 is 16.0 Å². The summed E-state index contributed by atoms with van der Waals surface area (Å²) in [5, 5.41) is 10.4. The van der Waals surface area contributed by atoms with Gasteiger partial charge in [0, 0.05) is 28.4 Å². The van der Waals surface area contributed by atoms with E-state index < -0.39 is 0 Å². The lowest BCUT2D eigenvalue weighted by molar-refractivity contribution is 0.0954. The van der Waals surface area contributed by atoms with Crippen LogP contribution in [0.25, 0.3) is 0 Å². The molecule has 1 heterocycles. The van der Waals surface area contributed by atoms with Crippen molar-refractivity contribution in [3.8, 4) is 0 Å². The summed E-state index contributed by atoms with van der Waals surface area (Å²) in [7, 11) is 0. The molecule has 3 aromatic rings. The van der Waals surface area contributed by atoms with Gasteiger partial charge in [-0.3, -0.25) is 4.79 Å². The molecule has 0 atom stereocenters. The molecule has 0 fully saturated rings. The van der Waals surface area contributed by atoms with Gasteiger partial charge in [-0.2, -0.15) is 0 Å². The Morgan fingerprint density at radius 2 is 1.50 bits per heavy atom. The highest BCUT2D eigenvalue weighted by atomic mass is 32.1. The van der Waals surface area contributed by atoms with Gasteiger partial charge in [-0.05, 0) is 54.3 Å². The Balaban J connectivity index is 1.48. The number of carbonyl (C=O) groups excluding carboxylic acids is 2. The van der Waals surface area contributed by atoms with Crippen molar-refractivity contribution in [2.75, 3.05) is 17.2 Å². The van der Waals surface area contributed by atoms with Crippen LogP contribution >= 0.6 is 11.3 Å². The normalized spacial score (nSPS) is 10.2. The van der Waals surface area contributed by atoms with E-state index in [1.54, 1.807) is 35.6 Å². The third-order valence-corrected chi connectivity index (χ3v) is 4.61. The average Bonchev–Trinajstić information content (AvgIpc) is 3.16. The highest BCUT2D eigenvalue weighted by Crippen LogP contribution is 2.12. The molecule has 0 aliphatic heterocycles. The van der Waals surface area contributed by atoms with E-state index in [0.29, 0.717) is 23.5 Å². The number of rotatable bonds is 6. The maximum Gasteiger partial charge on any atom is 0.323 e. The topological polar surface area (TPSA) is 70.2 Å². The number of para-hydroxylation sites is 1. The molecule has 0 aliphatic carbocycles. The van der Waals surface area contributed by atoms with Gasteiger partial charge in [0.15, 0.2) is 0 Å². The molecule has 26 heavy (non-hydrogen) atoms. The molecule has 3 N–H and O–H groups in total. The molecule has 0 unspecified atom stereocenters. The lowest BCUT2D eigenvalue weighted by atomic mass is 10.2. The SMILES string of the molecule is O=C(Nc1ccccc1)Nc1ccc(C(=O)NCCc2cccs2)cc1. The molecule has 3 rings (SSSR count). The molecule has 2 aromatic carbocycles. The summed E-state index contributed by atoms with van der Waals surface area (Å²) >= 11 is 1.68. The summed E-state index contributed by atoms with van der Waals surface area (Å²) in [5.74, 6) is -0.123. The minimum absolute atomic E-state index is 0.123. The van der Waals surface area contributed by atoms with Gasteiger partial charge in [-0.1, -0.05) is 24.3 Å². The number of nitrogens with one attached hydrogen (secondary N) is 3. The predicted octanol–water partition coefficient (Wildman–Crippen LogP) is 4.36.